The van der Waals surface area contributed by atoms with Crippen molar-refractivity contribution in [1.29, 1.82) is 0 Å². The van der Waals surface area contributed by atoms with Gasteiger partial charge in [0.2, 0.25) is 0 Å². The number of benzene rings is 2. The molecular formula is C15H14BrNO4. The van der Waals surface area contributed by atoms with Gasteiger partial charge in [-0.15, -0.1) is 0 Å². The van der Waals surface area contributed by atoms with Gasteiger partial charge in [0.05, 0.1) is 29.9 Å². The number of hydrogen-bond donors (Lipinski definition) is 1. The third-order valence-corrected chi connectivity index (χ3v) is 3.41. The van der Waals surface area contributed by atoms with Gasteiger partial charge in [-0.2, -0.15) is 0 Å². The number of carbonyl (C=O) groups excluding carboxylic acids is 1. The van der Waals surface area contributed by atoms with Gasteiger partial charge in [0.15, 0.2) is 5.75 Å². The highest BCUT2D eigenvalue weighted by Crippen LogP contribution is 2.35. The fourth-order valence-corrected chi connectivity index (χ4v) is 2.12. The first-order valence-corrected chi connectivity index (χ1v) is 6.83. The zero-order valence-electron chi connectivity index (χ0n) is 11.6. The van der Waals surface area contributed by atoms with E-state index in [9.17, 15) is 4.79 Å². The highest BCUT2D eigenvalue weighted by atomic mass is 79.9. The number of hydrogen-bond acceptors (Lipinski definition) is 5. The van der Waals surface area contributed by atoms with E-state index in [-0.39, 0.29) is 0 Å². The van der Waals surface area contributed by atoms with E-state index >= 15 is 0 Å². The van der Waals surface area contributed by atoms with Gasteiger partial charge in [-0.05, 0) is 52.3 Å². The van der Waals surface area contributed by atoms with Crippen LogP contribution in [0.15, 0.2) is 40.9 Å². The van der Waals surface area contributed by atoms with E-state index in [1.54, 1.807) is 37.4 Å². The van der Waals surface area contributed by atoms with Crippen LogP contribution >= 0.6 is 15.9 Å². The average Bonchev–Trinajstić information content (AvgIpc) is 2.50. The lowest BCUT2D eigenvalue weighted by molar-refractivity contribution is 0.0600. The minimum atomic E-state index is -0.450. The number of nitrogens with two attached hydrogens (primary N) is 1. The van der Waals surface area contributed by atoms with E-state index in [0.717, 1.165) is 0 Å². The Morgan fingerprint density at radius 1 is 1.10 bits per heavy atom. The smallest absolute Gasteiger partial charge is 0.337 e. The first kappa shape index (κ1) is 15.2. The molecule has 0 aliphatic carbocycles. The highest BCUT2D eigenvalue weighted by molar-refractivity contribution is 9.10. The molecule has 21 heavy (non-hydrogen) atoms. The number of rotatable bonds is 4. The van der Waals surface area contributed by atoms with Crippen LogP contribution in [0.5, 0.6) is 17.2 Å². The van der Waals surface area contributed by atoms with E-state index in [1.807, 2.05) is 0 Å². The van der Waals surface area contributed by atoms with Gasteiger partial charge in [-0.1, -0.05) is 0 Å². The fraction of sp³-hybridized carbons (Fsp3) is 0.133. The second kappa shape index (κ2) is 6.49. The van der Waals surface area contributed by atoms with E-state index in [1.165, 1.54) is 13.2 Å². The molecule has 0 aromatic heterocycles. The third-order valence-electron chi connectivity index (χ3n) is 2.79. The predicted octanol–water partition coefficient (Wildman–Crippen LogP) is 3.62. The van der Waals surface area contributed by atoms with Gasteiger partial charge in [0, 0.05) is 0 Å². The number of esters is 1. The minimum absolute atomic E-state index is 0.367. The van der Waals surface area contributed by atoms with Gasteiger partial charge in [-0.3, -0.25) is 0 Å². The number of nitrogen functional groups attached to an aromatic ring is 1. The van der Waals surface area contributed by atoms with Crippen LogP contribution in [0.25, 0.3) is 0 Å². The maximum Gasteiger partial charge on any atom is 0.337 e. The van der Waals surface area contributed by atoms with Crippen LogP contribution in [0.2, 0.25) is 0 Å². The molecule has 0 bridgehead atoms. The topological polar surface area (TPSA) is 70.8 Å². The van der Waals surface area contributed by atoms with Crippen LogP contribution in [0.1, 0.15) is 10.4 Å². The molecule has 110 valence electrons. The van der Waals surface area contributed by atoms with Crippen molar-refractivity contribution in [1.82, 2.24) is 0 Å². The summed E-state index contributed by atoms with van der Waals surface area (Å²) in [4.78, 5) is 11.5. The normalized spacial score (nSPS) is 10.0. The zero-order chi connectivity index (χ0) is 15.4. The van der Waals surface area contributed by atoms with Crippen molar-refractivity contribution < 1.29 is 19.0 Å². The van der Waals surface area contributed by atoms with Crippen molar-refractivity contribution in [3.05, 3.63) is 46.4 Å². The molecule has 0 spiro atoms. The van der Waals surface area contributed by atoms with Crippen LogP contribution in [0, 0.1) is 0 Å². The van der Waals surface area contributed by atoms with E-state index in [0.29, 0.717) is 33.0 Å². The van der Waals surface area contributed by atoms with Crippen LogP contribution < -0.4 is 15.2 Å². The van der Waals surface area contributed by atoms with Crippen molar-refractivity contribution in [2.75, 3.05) is 20.0 Å². The molecule has 0 amide bonds. The first-order chi connectivity index (χ1) is 10.0. The molecule has 0 saturated carbocycles. The third kappa shape index (κ3) is 3.46. The first-order valence-electron chi connectivity index (χ1n) is 6.04. The van der Waals surface area contributed by atoms with Crippen molar-refractivity contribution in [3.63, 3.8) is 0 Å². The lowest BCUT2D eigenvalue weighted by Gasteiger charge is -2.12. The molecule has 0 aliphatic rings. The maximum atomic E-state index is 11.5. The molecule has 0 unspecified atom stereocenters. The Kier molecular flexibility index (Phi) is 4.70. The highest BCUT2D eigenvalue weighted by Gasteiger charge is 2.11. The Labute approximate surface area is 130 Å². The Balaban J connectivity index is 2.32. The molecule has 0 atom stereocenters. The van der Waals surface area contributed by atoms with Gasteiger partial charge in [-0.25, -0.2) is 4.79 Å². The number of carbonyl (C=O) groups is 1. The van der Waals surface area contributed by atoms with Crippen molar-refractivity contribution in [2.24, 2.45) is 0 Å². The summed E-state index contributed by atoms with van der Waals surface area (Å²) in [5, 5.41) is 0. The lowest BCUT2D eigenvalue weighted by Crippen LogP contribution is -2.02. The summed E-state index contributed by atoms with van der Waals surface area (Å²) in [5.74, 6) is 1.19. The van der Waals surface area contributed by atoms with Gasteiger partial charge < -0.3 is 19.9 Å². The molecule has 5 nitrogen and oxygen atoms in total. The van der Waals surface area contributed by atoms with Crippen LogP contribution in [-0.4, -0.2) is 20.2 Å². The number of ether oxygens (including phenoxy) is 3. The van der Waals surface area contributed by atoms with E-state index in [2.05, 4.69) is 20.7 Å². The molecule has 2 aromatic rings. The molecule has 2 rings (SSSR count). The van der Waals surface area contributed by atoms with Gasteiger partial charge in [0.25, 0.3) is 0 Å². The summed E-state index contributed by atoms with van der Waals surface area (Å²) in [7, 11) is 2.90. The maximum absolute atomic E-state index is 11.5. The Bertz CT molecular complexity index is 673. The molecule has 2 N–H and O–H groups in total. The summed E-state index contributed by atoms with van der Waals surface area (Å²) >= 11 is 3.39. The monoisotopic (exact) mass is 351 g/mol. The molecule has 0 fully saturated rings. The van der Waals surface area contributed by atoms with Crippen LogP contribution in [0.3, 0.4) is 0 Å². The summed E-state index contributed by atoms with van der Waals surface area (Å²) in [6, 6.07) is 10.00. The molecule has 2 aromatic carbocycles. The van der Waals surface area contributed by atoms with Gasteiger partial charge >= 0.3 is 5.97 Å². The largest absolute Gasteiger partial charge is 0.497 e. The van der Waals surface area contributed by atoms with E-state index in [4.69, 9.17) is 15.2 Å². The summed E-state index contributed by atoms with van der Waals surface area (Å²) < 4.78 is 16.2. The van der Waals surface area contributed by atoms with Crippen LogP contribution in [-0.2, 0) is 4.74 Å². The number of anilines is 1. The fourth-order valence-electron chi connectivity index (χ4n) is 1.68. The minimum Gasteiger partial charge on any atom is -0.497 e. The standard InChI is InChI=1S/C15H14BrNO4/c1-19-10-4-6-13(11(16)8-10)21-14-7-9(15(18)20-2)3-5-12(14)17/h3-8H,17H2,1-2H3. The second-order valence-electron chi connectivity index (χ2n) is 4.14. The SMILES string of the molecule is COC(=O)c1ccc(N)c(Oc2ccc(OC)cc2Br)c1. The molecule has 0 radical (unpaired) electrons. The molecule has 6 heteroatoms. The number of halogens is 1. The second-order valence-corrected chi connectivity index (χ2v) is 5.00. The Morgan fingerprint density at radius 3 is 2.48 bits per heavy atom. The van der Waals surface area contributed by atoms with Crippen LogP contribution in [0.4, 0.5) is 5.69 Å². The molecular weight excluding hydrogens is 338 g/mol. The molecule has 0 saturated heterocycles. The van der Waals surface area contributed by atoms with Crippen molar-refractivity contribution in [3.8, 4) is 17.2 Å². The van der Waals surface area contributed by atoms with Crippen molar-refractivity contribution in [2.45, 2.75) is 0 Å². The van der Waals surface area contributed by atoms with Crippen molar-refractivity contribution >= 4 is 27.6 Å². The Hall–Kier alpha value is -2.21. The number of methoxy groups -OCH3 is 2. The lowest BCUT2D eigenvalue weighted by atomic mass is 10.2. The predicted molar refractivity (Wildman–Crippen MR) is 83.0 cm³/mol. The summed E-state index contributed by atoms with van der Waals surface area (Å²) in [6.07, 6.45) is 0. The Morgan fingerprint density at radius 2 is 1.86 bits per heavy atom. The quantitative estimate of drug-likeness (QED) is 0.672. The van der Waals surface area contributed by atoms with Gasteiger partial charge in [0.1, 0.15) is 11.5 Å². The zero-order valence-corrected chi connectivity index (χ0v) is 13.1. The summed E-state index contributed by atoms with van der Waals surface area (Å²) in [6.45, 7) is 0. The average molecular weight is 352 g/mol. The summed E-state index contributed by atoms with van der Waals surface area (Å²) in [5.41, 5.74) is 6.66. The molecule has 0 heterocycles. The van der Waals surface area contributed by atoms with E-state index < -0.39 is 5.97 Å². The molecule has 0 aliphatic heterocycles.